The Labute approximate surface area is 105 Å². The minimum Gasteiger partial charge on any atom is -0.464 e. The number of carbonyl (C=O) groups is 2. The zero-order valence-corrected chi connectivity index (χ0v) is 10.5. The van der Waals surface area contributed by atoms with E-state index in [1.54, 1.807) is 13.0 Å². The van der Waals surface area contributed by atoms with Crippen LogP contribution in [0.3, 0.4) is 0 Å². The summed E-state index contributed by atoms with van der Waals surface area (Å²) in [5.41, 5.74) is 0.740. The number of nitrogens with zero attached hydrogens (tertiary/aromatic N) is 1. The SMILES string of the molecule is COC(=O)c1ccc(NC(=O)C(C)CS)cn1. The molecule has 1 aromatic rings. The summed E-state index contributed by atoms with van der Waals surface area (Å²) in [4.78, 5) is 26.5. The van der Waals surface area contributed by atoms with Gasteiger partial charge in [-0.3, -0.25) is 4.79 Å². The van der Waals surface area contributed by atoms with Crippen LogP contribution in [0, 0.1) is 5.92 Å². The first-order chi connectivity index (χ1) is 8.08. The Kier molecular flexibility index (Phi) is 4.96. The third-order valence-electron chi connectivity index (χ3n) is 2.15. The van der Waals surface area contributed by atoms with Gasteiger partial charge < -0.3 is 10.1 Å². The molecule has 5 nitrogen and oxygen atoms in total. The van der Waals surface area contributed by atoms with Crippen molar-refractivity contribution in [2.45, 2.75) is 6.92 Å². The number of thiol groups is 1. The van der Waals surface area contributed by atoms with Crippen molar-refractivity contribution in [2.75, 3.05) is 18.2 Å². The fourth-order valence-electron chi connectivity index (χ4n) is 1.04. The highest BCUT2D eigenvalue weighted by molar-refractivity contribution is 7.80. The quantitative estimate of drug-likeness (QED) is 0.629. The first kappa shape index (κ1) is 13.5. The predicted molar refractivity (Wildman–Crippen MR) is 67.2 cm³/mol. The molecule has 1 heterocycles. The molecule has 0 fully saturated rings. The monoisotopic (exact) mass is 254 g/mol. The third-order valence-corrected chi connectivity index (χ3v) is 2.69. The van der Waals surface area contributed by atoms with Crippen LogP contribution in [0.2, 0.25) is 0 Å². The van der Waals surface area contributed by atoms with E-state index in [2.05, 4.69) is 27.7 Å². The van der Waals surface area contributed by atoms with Crippen LogP contribution in [-0.2, 0) is 9.53 Å². The van der Waals surface area contributed by atoms with Gasteiger partial charge in [0, 0.05) is 11.7 Å². The molecule has 0 bridgehead atoms. The number of pyridine rings is 1. The number of ether oxygens (including phenoxy) is 1. The van der Waals surface area contributed by atoms with Gasteiger partial charge in [0.15, 0.2) is 0 Å². The molecule has 0 radical (unpaired) electrons. The number of aromatic nitrogens is 1. The summed E-state index contributed by atoms with van der Waals surface area (Å²) in [5, 5.41) is 2.67. The molecule has 1 atom stereocenters. The molecular weight excluding hydrogens is 240 g/mol. The lowest BCUT2D eigenvalue weighted by Crippen LogP contribution is -2.21. The minimum absolute atomic E-state index is 0.132. The van der Waals surface area contributed by atoms with Gasteiger partial charge in [-0.15, -0.1) is 0 Å². The molecule has 92 valence electrons. The average Bonchev–Trinajstić information content (AvgIpc) is 2.37. The van der Waals surface area contributed by atoms with Crippen LogP contribution >= 0.6 is 12.6 Å². The third kappa shape index (κ3) is 3.74. The summed E-state index contributed by atoms with van der Waals surface area (Å²) in [6.07, 6.45) is 1.41. The van der Waals surface area contributed by atoms with Crippen molar-refractivity contribution in [3.8, 4) is 0 Å². The van der Waals surface area contributed by atoms with Crippen molar-refractivity contribution in [3.05, 3.63) is 24.0 Å². The van der Waals surface area contributed by atoms with E-state index in [9.17, 15) is 9.59 Å². The Hall–Kier alpha value is -1.56. The molecule has 0 aromatic carbocycles. The Morgan fingerprint density at radius 1 is 1.53 bits per heavy atom. The van der Waals surface area contributed by atoms with Gasteiger partial charge in [0.1, 0.15) is 5.69 Å². The first-order valence-corrected chi connectivity index (χ1v) is 5.67. The summed E-state index contributed by atoms with van der Waals surface area (Å²) in [7, 11) is 1.29. The van der Waals surface area contributed by atoms with E-state index in [0.717, 1.165) is 0 Å². The van der Waals surface area contributed by atoms with Crippen LogP contribution in [0.15, 0.2) is 18.3 Å². The van der Waals surface area contributed by atoms with Crippen LogP contribution < -0.4 is 5.32 Å². The Morgan fingerprint density at radius 3 is 2.71 bits per heavy atom. The van der Waals surface area contributed by atoms with Crippen molar-refractivity contribution >= 4 is 30.2 Å². The highest BCUT2D eigenvalue weighted by Crippen LogP contribution is 2.09. The van der Waals surface area contributed by atoms with Crippen molar-refractivity contribution < 1.29 is 14.3 Å². The molecule has 1 amide bonds. The number of carbonyl (C=O) groups excluding carboxylic acids is 2. The lowest BCUT2D eigenvalue weighted by Gasteiger charge is -2.09. The van der Waals surface area contributed by atoms with Gasteiger partial charge in [-0.25, -0.2) is 9.78 Å². The number of amides is 1. The molecule has 0 saturated heterocycles. The second-order valence-corrected chi connectivity index (χ2v) is 3.86. The van der Waals surface area contributed by atoms with E-state index in [4.69, 9.17) is 0 Å². The fraction of sp³-hybridized carbons (Fsp3) is 0.364. The molecule has 0 aliphatic carbocycles. The number of anilines is 1. The molecule has 0 saturated carbocycles. The summed E-state index contributed by atoms with van der Waals surface area (Å²) >= 11 is 4.04. The first-order valence-electron chi connectivity index (χ1n) is 5.04. The summed E-state index contributed by atoms with van der Waals surface area (Å²) in [6.45, 7) is 1.78. The van der Waals surface area contributed by atoms with E-state index in [1.165, 1.54) is 19.4 Å². The maximum atomic E-state index is 11.5. The van der Waals surface area contributed by atoms with E-state index >= 15 is 0 Å². The molecule has 1 N–H and O–H groups in total. The van der Waals surface area contributed by atoms with Crippen molar-refractivity contribution in [2.24, 2.45) is 5.92 Å². The molecule has 17 heavy (non-hydrogen) atoms. The van der Waals surface area contributed by atoms with Gasteiger partial charge >= 0.3 is 5.97 Å². The highest BCUT2D eigenvalue weighted by atomic mass is 32.1. The largest absolute Gasteiger partial charge is 0.464 e. The highest BCUT2D eigenvalue weighted by Gasteiger charge is 2.12. The smallest absolute Gasteiger partial charge is 0.356 e. The van der Waals surface area contributed by atoms with Gasteiger partial charge in [0.2, 0.25) is 5.91 Å². The van der Waals surface area contributed by atoms with Crippen molar-refractivity contribution in [3.63, 3.8) is 0 Å². The van der Waals surface area contributed by atoms with E-state index in [0.29, 0.717) is 11.4 Å². The number of nitrogens with one attached hydrogen (secondary N) is 1. The van der Waals surface area contributed by atoms with Gasteiger partial charge in [-0.05, 0) is 12.1 Å². The second-order valence-electron chi connectivity index (χ2n) is 3.50. The average molecular weight is 254 g/mol. The number of hydrogen-bond acceptors (Lipinski definition) is 5. The molecule has 1 rings (SSSR count). The lowest BCUT2D eigenvalue weighted by molar-refractivity contribution is -0.118. The Morgan fingerprint density at radius 2 is 2.24 bits per heavy atom. The van der Waals surface area contributed by atoms with Crippen LogP contribution in [-0.4, -0.2) is 29.7 Å². The molecular formula is C11H14N2O3S. The molecule has 0 aliphatic rings. The Balaban J connectivity index is 2.69. The van der Waals surface area contributed by atoms with Crippen molar-refractivity contribution in [1.82, 2.24) is 4.98 Å². The predicted octanol–water partition coefficient (Wildman–Crippen LogP) is 1.37. The number of rotatable bonds is 4. The number of esters is 1. The van der Waals surface area contributed by atoms with E-state index in [1.807, 2.05) is 0 Å². The minimum atomic E-state index is -0.508. The zero-order chi connectivity index (χ0) is 12.8. The molecule has 0 aliphatic heterocycles. The van der Waals surface area contributed by atoms with Gasteiger partial charge in [-0.2, -0.15) is 12.6 Å². The molecule has 1 aromatic heterocycles. The van der Waals surface area contributed by atoms with Gasteiger partial charge in [0.05, 0.1) is 19.0 Å². The van der Waals surface area contributed by atoms with E-state index in [-0.39, 0.29) is 17.5 Å². The zero-order valence-electron chi connectivity index (χ0n) is 9.64. The molecule has 6 heteroatoms. The van der Waals surface area contributed by atoms with Crippen molar-refractivity contribution in [1.29, 1.82) is 0 Å². The van der Waals surface area contributed by atoms with Crippen LogP contribution in [0.25, 0.3) is 0 Å². The summed E-state index contributed by atoms with van der Waals surface area (Å²) in [5.74, 6) is -0.350. The summed E-state index contributed by atoms with van der Waals surface area (Å²) in [6, 6.07) is 3.09. The summed E-state index contributed by atoms with van der Waals surface area (Å²) < 4.78 is 4.51. The maximum absolute atomic E-state index is 11.5. The fourth-order valence-corrected chi connectivity index (χ4v) is 1.21. The van der Waals surface area contributed by atoms with Crippen LogP contribution in [0.5, 0.6) is 0 Å². The molecule has 1 unspecified atom stereocenters. The maximum Gasteiger partial charge on any atom is 0.356 e. The molecule has 0 spiro atoms. The van der Waals surface area contributed by atoms with Crippen LogP contribution in [0.4, 0.5) is 5.69 Å². The second kappa shape index (κ2) is 6.24. The topological polar surface area (TPSA) is 68.3 Å². The number of hydrogen-bond donors (Lipinski definition) is 2. The van der Waals surface area contributed by atoms with Gasteiger partial charge in [-0.1, -0.05) is 6.92 Å². The van der Waals surface area contributed by atoms with Gasteiger partial charge in [0.25, 0.3) is 0 Å². The normalized spacial score (nSPS) is 11.7. The van der Waals surface area contributed by atoms with E-state index < -0.39 is 5.97 Å². The Bertz CT molecular complexity index is 406. The number of methoxy groups -OCH3 is 1. The lowest BCUT2D eigenvalue weighted by atomic mass is 10.2. The standard InChI is InChI=1S/C11H14N2O3S/c1-7(6-17)10(14)13-8-3-4-9(12-5-8)11(15)16-2/h3-5,7,17H,6H2,1-2H3,(H,13,14). The van der Waals surface area contributed by atoms with Crippen LogP contribution in [0.1, 0.15) is 17.4 Å².